The number of carbonyl (C=O) groups excluding carboxylic acids is 1. The van der Waals surface area contributed by atoms with E-state index in [1.807, 2.05) is 0 Å². The number of aryl methyl sites for hydroxylation is 1. The minimum absolute atomic E-state index is 0.00598. The number of carbonyl (C=O) groups is 1. The molecular formula is C11H19N3O3. The first kappa shape index (κ1) is 13.8. The summed E-state index contributed by atoms with van der Waals surface area (Å²) in [5, 5.41) is 4.06. The van der Waals surface area contributed by atoms with Crippen molar-refractivity contribution >= 4 is 5.78 Å². The van der Waals surface area contributed by atoms with Crippen molar-refractivity contribution in [2.24, 2.45) is 0 Å². The molecule has 0 aromatic carbocycles. The Balaban J connectivity index is 2.31. The fourth-order valence-electron chi connectivity index (χ4n) is 1.38. The van der Waals surface area contributed by atoms with Gasteiger partial charge in [0.15, 0.2) is 5.78 Å². The van der Waals surface area contributed by atoms with E-state index in [9.17, 15) is 4.79 Å². The van der Waals surface area contributed by atoms with E-state index in [0.29, 0.717) is 19.0 Å². The van der Waals surface area contributed by atoms with Crippen molar-refractivity contribution in [3.05, 3.63) is 12.2 Å². The van der Waals surface area contributed by atoms with Crippen molar-refractivity contribution < 1.29 is 14.3 Å². The fraction of sp³-hybridized carbons (Fsp3) is 0.727. The van der Waals surface area contributed by atoms with Crippen LogP contribution < -0.4 is 0 Å². The molecule has 0 saturated carbocycles. The SMILES string of the molecule is CCCn1ncnc1CC(=O)COCCOC. The molecule has 0 atom stereocenters. The van der Waals surface area contributed by atoms with E-state index in [1.165, 1.54) is 6.33 Å². The second kappa shape index (κ2) is 7.92. The molecule has 0 fully saturated rings. The normalized spacial score (nSPS) is 10.7. The van der Waals surface area contributed by atoms with Gasteiger partial charge < -0.3 is 9.47 Å². The predicted octanol–water partition coefficient (Wildman–Crippen LogP) is 0.463. The molecule has 0 aliphatic carbocycles. The first-order chi connectivity index (χ1) is 8.27. The van der Waals surface area contributed by atoms with Crippen molar-refractivity contribution in [3.8, 4) is 0 Å². The smallest absolute Gasteiger partial charge is 0.166 e. The third kappa shape index (κ3) is 5.06. The molecule has 0 aliphatic heterocycles. The number of hydrogen-bond acceptors (Lipinski definition) is 5. The minimum Gasteiger partial charge on any atom is -0.382 e. The van der Waals surface area contributed by atoms with Crippen LogP contribution in [-0.2, 0) is 27.2 Å². The Morgan fingerprint density at radius 3 is 3.00 bits per heavy atom. The Kier molecular flexibility index (Phi) is 6.42. The van der Waals surface area contributed by atoms with Crippen molar-refractivity contribution in [2.75, 3.05) is 26.9 Å². The highest BCUT2D eigenvalue weighted by molar-refractivity contribution is 5.81. The lowest BCUT2D eigenvalue weighted by atomic mass is 10.3. The Labute approximate surface area is 101 Å². The summed E-state index contributed by atoms with van der Waals surface area (Å²) in [5.74, 6) is 0.707. The monoisotopic (exact) mass is 241 g/mol. The molecule has 0 bridgehead atoms. The van der Waals surface area contributed by atoms with Crippen LogP contribution in [-0.4, -0.2) is 47.5 Å². The minimum atomic E-state index is 0.00598. The van der Waals surface area contributed by atoms with Crippen LogP contribution in [0.1, 0.15) is 19.2 Å². The average molecular weight is 241 g/mol. The van der Waals surface area contributed by atoms with Gasteiger partial charge in [-0.05, 0) is 6.42 Å². The van der Waals surface area contributed by atoms with Gasteiger partial charge in [0.05, 0.1) is 19.6 Å². The van der Waals surface area contributed by atoms with Crippen LogP contribution >= 0.6 is 0 Å². The lowest BCUT2D eigenvalue weighted by molar-refractivity contribution is -0.123. The molecule has 0 saturated heterocycles. The maximum Gasteiger partial charge on any atom is 0.166 e. The van der Waals surface area contributed by atoms with Crippen LogP contribution in [0.5, 0.6) is 0 Å². The summed E-state index contributed by atoms with van der Waals surface area (Å²) in [7, 11) is 1.60. The fourth-order valence-corrected chi connectivity index (χ4v) is 1.38. The van der Waals surface area contributed by atoms with Crippen molar-refractivity contribution in [1.82, 2.24) is 14.8 Å². The zero-order valence-electron chi connectivity index (χ0n) is 10.4. The highest BCUT2D eigenvalue weighted by Crippen LogP contribution is 1.98. The molecular weight excluding hydrogens is 222 g/mol. The molecule has 6 nitrogen and oxygen atoms in total. The third-order valence-electron chi connectivity index (χ3n) is 2.18. The largest absolute Gasteiger partial charge is 0.382 e. The summed E-state index contributed by atoms with van der Waals surface area (Å²) in [6.07, 6.45) is 2.71. The number of nitrogens with zero attached hydrogens (tertiary/aromatic N) is 3. The molecule has 96 valence electrons. The van der Waals surface area contributed by atoms with E-state index in [4.69, 9.17) is 9.47 Å². The Bertz CT molecular complexity index is 338. The summed E-state index contributed by atoms with van der Waals surface area (Å²) in [6, 6.07) is 0. The molecule has 0 unspecified atom stereocenters. The summed E-state index contributed by atoms with van der Waals surface area (Å²) >= 11 is 0. The van der Waals surface area contributed by atoms with Gasteiger partial charge in [0.2, 0.25) is 0 Å². The average Bonchev–Trinajstić information content (AvgIpc) is 2.73. The van der Waals surface area contributed by atoms with Gasteiger partial charge >= 0.3 is 0 Å². The van der Waals surface area contributed by atoms with Crippen LogP contribution in [0.4, 0.5) is 0 Å². The van der Waals surface area contributed by atoms with Gasteiger partial charge in [0.1, 0.15) is 18.8 Å². The van der Waals surface area contributed by atoms with Crippen LogP contribution in [0.15, 0.2) is 6.33 Å². The Hall–Kier alpha value is -1.27. The first-order valence-corrected chi connectivity index (χ1v) is 5.73. The molecule has 6 heteroatoms. The van der Waals surface area contributed by atoms with E-state index >= 15 is 0 Å². The van der Waals surface area contributed by atoms with Crippen LogP contribution in [0, 0.1) is 0 Å². The lowest BCUT2D eigenvalue weighted by Gasteiger charge is -2.04. The number of rotatable bonds is 9. The summed E-state index contributed by atoms with van der Waals surface area (Å²) in [5.41, 5.74) is 0. The summed E-state index contributed by atoms with van der Waals surface area (Å²) in [4.78, 5) is 15.7. The molecule has 0 N–H and O–H groups in total. The van der Waals surface area contributed by atoms with Gasteiger partial charge in [-0.15, -0.1) is 0 Å². The molecule has 1 aromatic rings. The number of hydrogen-bond donors (Lipinski definition) is 0. The number of methoxy groups -OCH3 is 1. The maximum atomic E-state index is 11.6. The second-order valence-corrected chi connectivity index (χ2v) is 3.66. The predicted molar refractivity (Wildman–Crippen MR) is 61.7 cm³/mol. The molecule has 1 heterocycles. The topological polar surface area (TPSA) is 66.2 Å². The lowest BCUT2D eigenvalue weighted by Crippen LogP contribution is -2.17. The Morgan fingerprint density at radius 1 is 1.47 bits per heavy atom. The van der Waals surface area contributed by atoms with E-state index < -0.39 is 0 Å². The Morgan fingerprint density at radius 2 is 2.29 bits per heavy atom. The highest BCUT2D eigenvalue weighted by Gasteiger charge is 2.09. The molecule has 0 radical (unpaired) electrons. The summed E-state index contributed by atoms with van der Waals surface area (Å²) < 4.78 is 11.7. The third-order valence-corrected chi connectivity index (χ3v) is 2.18. The van der Waals surface area contributed by atoms with Crippen molar-refractivity contribution in [2.45, 2.75) is 26.3 Å². The zero-order chi connectivity index (χ0) is 12.5. The number of aromatic nitrogens is 3. The first-order valence-electron chi connectivity index (χ1n) is 5.73. The molecule has 0 amide bonds. The molecule has 0 spiro atoms. The second-order valence-electron chi connectivity index (χ2n) is 3.66. The van der Waals surface area contributed by atoms with E-state index in [2.05, 4.69) is 17.0 Å². The van der Waals surface area contributed by atoms with Gasteiger partial charge in [-0.2, -0.15) is 5.10 Å². The zero-order valence-corrected chi connectivity index (χ0v) is 10.4. The van der Waals surface area contributed by atoms with Gasteiger partial charge in [-0.1, -0.05) is 6.92 Å². The quantitative estimate of drug-likeness (QED) is 0.588. The summed E-state index contributed by atoms with van der Waals surface area (Å²) in [6.45, 7) is 3.87. The van der Waals surface area contributed by atoms with Gasteiger partial charge in [-0.3, -0.25) is 4.79 Å². The van der Waals surface area contributed by atoms with Gasteiger partial charge in [0, 0.05) is 13.7 Å². The van der Waals surface area contributed by atoms with Crippen LogP contribution in [0.2, 0.25) is 0 Å². The van der Waals surface area contributed by atoms with Crippen LogP contribution in [0.3, 0.4) is 0 Å². The molecule has 1 aromatic heterocycles. The van der Waals surface area contributed by atoms with Crippen molar-refractivity contribution in [1.29, 1.82) is 0 Å². The number of ketones is 1. The standard InChI is InChI=1S/C11H19N3O3/c1-3-4-14-11(12-9-13-14)7-10(15)8-17-6-5-16-2/h9H,3-8H2,1-2H3. The van der Waals surface area contributed by atoms with E-state index in [-0.39, 0.29) is 18.8 Å². The number of ether oxygens (including phenoxy) is 2. The van der Waals surface area contributed by atoms with Gasteiger partial charge in [0.25, 0.3) is 0 Å². The molecule has 1 rings (SSSR count). The van der Waals surface area contributed by atoms with Crippen molar-refractivity contribution in [3.63, 3.8) is 0 Å². The van der Waals surface area contributed by atoms with Crippen LogP contribution in [0.25, 0.3) is 0 Å². The molecule has 17 heavy (non-hydrogen) atoms. The molecule has 0 aliphatic rings. The van der Waals surface area contributed by atoms with E-state index in [0.717, 1.165) is 13.0 Å². The number of Topliss-reactive ketones (excluding diaryl/α,β-unsaturated/α-hetero) is 1. The maximum absolute atomic E-state index is 11.6. The van der Waals surface area contributed by atoms with Gasteiger partial charge in [-0.25, -0.2) is 9.67 Å². The highest BCUT2D eigenvalue weighted by atomic mass is 16.5. The van der Waals surface area contributed by atoms with E-state index in [1.54, 1.807) is 11.8 Å².